The second-order valence-corrected chi connectivity index (χ2v) is 20.9. The largest absolute Gasteiger partial charge is 0.455 e. The Morgan fingerprint density at radius 2 is 1.49 bits per heavy atom. The van der Waals surface area contributed by atoms with Gasteiger partial charge in [-0.05, 0) is 69.3 Å². The van der Waals surface area contributed by atoms with E-state index < -0.39 is 8.07 Å². The molecule has 0 unspecified atom stereocenters. The number of hydrogen-bond acceptors (Lipinski definition) is 1. The quantitative estimate of drug-likeness (QED) is 0.119. The zero-order valence-corrected chi connectivity index (χ0v) is 28.0. The zero-order valence-electron chi connectivity index (χ0n) is 27.0. The topological polar surface area (TPSA) is 13.1 Å². The van der Waals surface area contributed by atoms with Gasteiger partial charge < -0.3 is 4.74 Å². The lowest BCUT2D eigenvalue weighted by molar-refractivity contribution is -0.659. The number of rotatable bonds is 3. The summed E-state index contributed by atoms with van der Waals surface area (Å²) in [6, 6.07) is 18.7. The van der Waals surface area contributed by atoms with Crippen molar-refractivity contribution in [1.82, 2.24) is 0 Å². The molecule has 2 nitrogen and oxygen atoms in total. The van der Waals surface area contributed by atoms with Crippen LogP contribution < -0.4 is 14.5 Å². The lowest BCUT2D eigenvalue weighted by Gasteiger charge is -2.29. The van der Waals surface area contributed by atoms with Crippen LogP contribution in [0.5, 0.6) is 11.5 Å². The molecule has 0 aliphatic carbocycles. The molecule has 5 aromatic rings. The van der Waals surface area contributed by atoms with E-state index in [-0.39, 0.29) is 10.8 Å². The molecule has 0 amide bonds. The molecule has 212 valence electrons. The number of fused-ring (bicyclic) bond motifs is 5. The molecule has 1 aliphatic heterocycles. The number of pyridine rings is 1. The number of nitrogens with zero attached hydrogens (tertiary/aromatic N) is 1. The maximum atomic E-state index is 7.14. The lowest BCUT2D eigenvalue weighted by atomic mass is 9.81. The molecule has 0 radical (unpaired) electrons. The van der Waals surface area contributed by atoms with Crippen molar-refractivity contribution in [2.24, 2.45) is 17.9 Å². The predicted molar refractivity (Wildman–Crippen MR) is 180 cm³/mol. The highest BCUT2D eigenvalue weighted by atomic mass is 28.3. The van der Waals surface area contributed by atoms with E-state index in [0.717, 1.165) is 24.3 Å². The SMILES string of the molecule is Cc1c2c(c(CC(C)(C)C)c3cc([Si](C)(C)C)ccc13)Oc1cc3cccc(CC(C)(C)C)c3c3cc[n+](C)c-2c13. The highest BCUT2D eigenvalue weighted by Gasteiger charge is 2.35. The molecule has 2 heterocycles. The van der Waals surface area contributed by atoms with E-state index >= 15 is 0 Å². The van der Waals surface area contributed by atoms with Crippen molar-refractivity contribution in [1.29, 1.82) is 0 Å². The normalized spacial score (nSPS) is 13.6. The van der Waals surface area contributed by atoms with Crippen LogP contribution in [0.15, 0.2) is 54.7 Å². The molecule has 0 spiro atoms. The van der Waals surface area contributed by atoms with Crippen molar-refractivity contribution in [2.75, 3.05) is 0 Å². The number of hydrogen-bond donors (Lipinski definition) is 0. The summed E-state index contributed by atoms with van der Waals surface area (Å²) in [6.07, 6.45) is 4.25. The van der Waals surface area contributed by atoms with Crippen LogP contribution >= 0.6 is 0 Å². The van der Waals surface area contributed by atoms with Gasteiger partial charge in [0.2, 0.25) is 5.69 Å². The third kappa shape index (κ3) is 4.76. The van der Waals surface area contributed by atoms with Gasteiger partial charge in [0, 0.05) is 17.0 Å². The van der Waals surface area contributed by atoms with Gasteiger partial charge >= 0.3 is 0 Å². The summed E-state index contributed by atoms with van der Waals surface area (Å²) in [5.41, 5.74) is 6.92. The Labute approximate surface area is 247 Å². The van der Waals surface area contributed by atoms with Crippen molar-refractivity contribution in [3.8, 4) is 22.8 Å². The summed E-state index contributed by atoms with van der Waals surface area (Å²) in [5.74, 6) is 2.04. The highest BCUT2D eigenvalue weighted by molar-refractivity contribution is 6.88. The molecule has 0 saturated heterocycles. The summed E-state index contributed by atoms with van der Waals surface area (Å²) in [6.45, 7) is 23.6. The fourth-order valence-electron chi connectivity index (χ4n) is 6.87. The molecule has 4 aromatic carbocycles. The van der Waals surface area contributed by atoms with Gasteiger partial charge in [0.25, 0.3) is 0 Å². The van der Waals surface area contributed by atoms with E-state index in [1.54, 1.807) is 0 Å². The second-order valence-electron chi connectivity index (χ2n) is 15.8. The molecule has 0 bridgehead atoms. The Morgan fingerprint density at radius 1 is 0.780 bits per heavy atom. The van der Waals surface area contributed by atoms with Gasteiger partial charge in [0.05, 0.1) is 19.0 Å². The number of ether oxygens (including phenoxy) is 1. The number of aryl methyl sites for hydroxylation is 2. The molecule has 1 aromatic heterocycles. The van der Waals surface area contributed by atoms with E-state index in [2.05, 4.69) is 134 Å². The van der Waals surface area contributed by atoms with Crippen molar-refractivity contribution >= 4 is 45.6 Å². The molecule has 0 fully saturated rings. The van der Waals surface area contributed by atoms with E-state index in [1.165, 1.54) is 65.5 Å². The van der Waals surface area contributed by atoms with Crippen molar-refractivity contribution in [3.05, 3.63) is 71.4 Å². The third-order valence-corrected chi connectivity index (χ3v) is 10.7. The van der Waals surface area contributed by atoms with Crippen LogP contribution in [0.25, 0.3) is 43.6 Å². The molecular formula is C38H46NOSi+. The average molecular weight is 561 g/mol. The van der Waals surface area contributed by atoms with Crippen LogP contribution in [0, 0.1) is 17.8 Å². The third-order valence-electron chi connectivity index (χ3n) is 8.68. The average Bonchev–Trinajstić information content (AvgIpc) is 2.85. The predicted octanol–water partition coefficient (Wildman–Crippen LogP) is 9.77. The Hall–Kier alpha value is -3.17. The van der Waals surface area contributed by atoms with Crippen molar-refractivity contribution in [2.45, 2.75) is 80.9 Å². The van der Waals surface area contributed by atoms with Crippen LogP contribution in [0.1, 0.15) is 58.2 Å². The minimum absolute atomic E-state index is 0.119. The van der Waals surface area contributed by atoms with E-state index in [1.807, 2.05) is 0 Å². The van der Waals surface area contributed by atoms with Gasteiger partial charge in [-0.1, -0.05) is 103 Å². The summed E-state index contributed by atoms with van der Waals surface area (Å²) in [4.78, 5) is 0. The molecular weight excluding hydrogens is 515 g/mol. The Kier molecular flexibility index (Phi) is 6.25. The number of aromatic nitrogens is 1. The summed E-state index contributed by atoms with van der Waals surface area (Å²) in [7, 11) is 0.706. The first-order valence-electron chi connectivity index (χ1n) is 15.2. The zero-order chi connectivity index (χ0) is 29.6. The van der Waals surface area contributed by atoms with Gasteiger partial charge in [-0.25, -0.2) is 4.57 Å². The standard InChI is InChI=1S/C38H46NOSi/c1-23-27-16-15-26(41(9,10)11)20-29(27)30(22-38(5,6)7)36-32(23)35-34-28(17-18-39(35)8)33-24(19-31(34)40-36)13-12-14-25(33)21-37(2,3)4/h12-20H,21-22H2,1-11H3/q+1. The first kappa shape index (κ1) is 28.0. The smallest absolute Gasteiger partial charge is 0.228 e. The van der Waals surface area contributed by atoms with Crippen LogP contribution in [0.4, 0.5) is 0 Å². The lowest BCUT2D eigenvalue weighted by Crippen LogP contribution is -2.37. The Morgan fingerprint density at radius 3 is 2.15 bits per heavy atom. The van der Waals surface area contributed by atoms with Crippen molar-refractivity contribution < 1.29 is 9.30 Å². The highest BCUT2D eigenvalue weighted by Crippen LogP contribution is 2.53. The summed E-state index contributed by atoms with van der Waals surface area (Å²) in [5, 5.41) is 9.37. The van der Waals surface area contributed by atoms with Gasteiger partial charge in [-0.15, -0.1) is 0 Å². The minimum Gasteiger partial charge on any atom is -0.455 e. The first-order valence-corrected chi connectivity index (χ1v) is 18.7. The van der Waals surface area contributed by atoms with Crippen LogP contribution in [0.2, 0.25) is 19.6 Å². The molecule has 41 heavy (non-hydrogen) atoms. The fraction of sp³-hybridized carbons (Fsp3) is 0.395. The Balaban J connectivity index is 1.76. The maximum Gasteiger partial charge on any atom is 0.228 e. The molecule has 0 atom stereocenters. The van der Waals surface area contributed by atoms with Gasteiger partial charge in [-0.3, -0.25) is 0 Å². The Bertz CT molecular complexity index is 1880. The van der Waals surface area contributed by atoms with Crippen LogP contribution in [-0.4, -0.2) is 8.07 Å². The number of benzene rings is 4. The minimum atomic E-state index is -1.49. The summed E-state index contributed by atoms with van der Waals surface area (Å²) >= 11 is 0. The monoisotopic (exact) mass is 560 g/mol. The molecule has 0 saturated carbocycles. The van der Waals surface area contributed by atoms with Crippen LogP contribution in [-0.2, 0) is 19.9 Å². The van der Waals surface area contributed by atoms with Gasteiger partial charge in [0.15, 0.2) is 6.20 Å². The van der Waals surface area contributed by atoms with E-state index in [4.69, 9.17) is 4.74 Å². The van der Waals surface area contributed by atoms with Crippen LogP contribution in [0.3, 0.4) is 0 Å². The van der Waals surface area contributed by atoms with Crippen molar-refractivity contribution in [3.63, 3.8) is 0 Å². The van der Waals surface area contributed by atoms with E-state index in [9.17, 15) is 0 Å². The molecule has 1 aliphatic rings. The first-order chi connectivity index (χ1) is 19.0. The second kappa shape index (κ2) is 9.16. The molecule has 0 N–H and O–H groups in total. The molecule has 3 heteroatoms. The summed E-state index contributed by atoms with van der Waals surface area (Å²) < 4.78 is 9.46. The fourth-order valence-corrected chi connectivity index (χ4v) is 8.03. The maximum absolute atomic E-state index is 7.14. The van der Waals surface area contributed by atoms with Gasteiger partial charge in [0.1, 0.15) is 18.5 Å². The van der Waals surface area contributed by atoms with E-state index in [0.29, 0.717) is 0 Å². The molecule has 6 rings (SSSR count). The van der Waals surface area contributed by atoms with Gasteiger partial charge in [-0.2, -0.15) is 0 Å².